The molecule has 0 aliphatic rings. The van der Waals surface area contributed by atoms with Crippen LogP contribution in [0.15, 0.2) is 54.0 Å². The number of pyridine rings is 1. The second kappa shape index (κ2) is 11.4. The number of carbonyl (C=O) groups excluding carboxylic acids is 2. The number of aromatic nitrogens is 1. The van der Waals surface area contributed by atoms with E-state index in [0.29, 0.717) is 35.4 Å². The van der Waals surface area contributed by atoms with Crippen LogP contribution in [-0.2, 0) is 4.43 Å². The van der Waals surface area contributed by atoms with Crippen molar-refractivity contribution < 1.29 is 14.0 Å². The van der Waals surface area contributed by atoms with Crippen LogP contribution in [0.4, 0.5) is 17.2 Å². The van der Waals surface area contributed by atoms with E-state index < -0.39 is 20.1 Å². The molecule has 0 saturated carbocycles. The SMILES string of the molecule is CC(C)(C)[Si](C)(C)OCCN(C#N)c1ccc(N(C(=O)c2sccc2C(N)=O)c2ccc(Cl)cn2)cc1. The molecule has 0 aliphatic carbocycles. The normalized spacial score (nSPS) is 11.6. The first kappa shape index (κ1) is 28.3. The minimum atomic E-state index is -1.93. The Labute approximate surface area is 227 Å². The smallest absolute Gasteiger partial charge is 0.274 e. The third kappa shape index (κ3) is 6.56. The van der Waals surface area contributed by atoms with Crippen molar-refractivity contribution in [2.24, 2.45) is 5.73 Å². The third-order valence-corrected chi connectivity index (χ3v) is 12.1. The molecular weight excluding hydrogens is 526 g/mol. The van der Waals surface area contributed by atoms with Crippen LogP contribution < -0.4 is 15.5 Å². The minimum absolute atomic E-state index is 0.0781. The van der Waals surface area contributed by atoms with Crippen LogP contribution in [0.2, 0.25) is 23.2 Å². The molecule has 0 atom stereocenters. The van der Waals surface area contributed by atoms with Crippen LogP contribution in [0.25, 0.3) is 0 Å². The number of rotatable bonds is 9. The molecule has 2 heterocycles. The summed E-state index contributed by atoms with van der Waals surface area (Å²) in [4.78, 5) is 32.9. The molecule has 3 aromatic rings. The molecule has 8 nitrogen and oxygen atoms in total. The molecule has 0 radical (unpaired) electrons. The molecule has 0 aliphatic heterocycles. The zero-order valence-corrected chi connectivity index (χ0v) is 24.1. The molecule has 2 aromatic heterocycles. The van der Waals surface area contributed by atoms with Gasteiger partial charge >= 0.3 is 0 Å². The van der Waals surface area contributed by atoms with Crippen molar-refractivity contribution >= 4 is 60.3 Å². The van der Waals surface area contributed by atoms with Gasteiger partial charge in [0.25, 0.3) is 5.91 Å². The molecule has 0 unspecified atom stereocenters. The van der Waals surface area contributed by atoms with Crippen LogP contribution in [-0.4, -0.2) is 38.3 Å². The Morgan fingerprint density at radius 3 is 2.32 bits per heavy atom. The van der Waals surface area contributed by atoms with Crippen LogP contribution in [0.5, 0.6) is 0 Å². The van der Waals surface area contributed by atoms with Crippen molar-refractivity contribution in [2.75, 3.05) is 23.0 Å². The first-order valence-corrected chi connectivity index (χ1v) is 15.8. The number of primary amides is 1. The van der Waals surface area contributed by atoms with Crippen molar-refractivity contribution in [1.82, 2.24) is 4.98 Å². The van der Waals surface area contributed by atoms with Gasteiger partial charge in [-0.05, 0) is 66.0 Å². The highest BCUT2D eigenvalue weighted by molar-refractivity contribution is 7.12. The molecule has 0 bridgehead atoms. The summed E-state index contributed by atoms with van der Waals surface area (Å²) < 4.78 is 6.22. The van der Waals surface area contributed by atoms with E-state index in [1.54, 1.807) is 46.7 Å². The summed E-state index contributed by atoms with van der Waals surface area (Å²) in [6, 6.07) is 11.7. The number of hydrogen-bond acceptors (Lipinski definition) is 7. The van der Waals surface area contributed by atoms with Gasteiger partial charge in [-0.25, -0.2) is 4.98 Å². The molecule has 3 rings (SSSR count). The lowest BCUT2D eigenvalue weighted by atomic mass is 10.2. The third-order valence-electron chi connectivity index (χ3n) is 6.39. The number of halogens is 1. The van der Waals surface area contributed by atoms with Gasteiger partial charge in [0, 0.05) is 6.20 Å². The van der Waals surface area contributed by atoms with Gasteiger partial charge in [-0.1, -0.05) is 32.4 Å². The molecule has 0 fully saturated rings. The molecule has 11 heteroatoms. The Hall–Kier alpha value is -3.23. The molecule has 194 valence electrons. The Morgan fingerprint density at radius 2 is 1.78 bits per heavy atom. The van der Waals surface area contributed by atoms with E-state index in [9.17, 15) is 14.9 Å². The van der Waals surface area contributed by atoms with Crippen molar-refractivity contribution in [2.45, 2.75) is 38.9 Å². The molecule has 1 aromatic carbocycles. The summed E-state index contributed by atoms with van der Waals surface area (Å²) in [7, 11) is -1.93. The molecule has 0 saturated heterocycles. The molecular formula is C26H30ClN5O3SSi. The highest BCUT2D eigenvalue weighted by atomic mass is 35.5. The Balaban J connectivity index is 1.88. The summed E-state index contributed by atoms with van der Waals surface area (Å²) >= 11 is 7.13. The number of hydrogen-bond donors (Lipinski definition) is 1. The second-order valence-corrected chi connectivity index (χ2v) is 16.0. The van der Waals surface area contributed by atoms with E-state index in [4.69, 9.17) is 21.8 Å². The maximum absolute atomic E-state index is 13.6. The van der Waals surface area contributed by atoms with E-state index in [0.717, 1.165) is 11.3 Å². The molecule has 2 amide bonds. The quantitative estimate of drug-likeness (QED) is 0.191. The van der Waals surface area contributed by atoms with Gasteiger partial charge in [-0.2, -0.15) is 5.26 Å². The first-order chi connectivity index (χ1) is 17.4. The predicted octanol–water partition coefficient (Wildman–Crippen LogP) is 6.18. The number of benzene rings is 1. The van der Waals surface area contributed by atoms with Crippen LogP contribution >= 0.6 is 22.9 Å². The van der Waals surface area contributed by atoms with E-state index in [1.807, 2.05) is 0 Å². The lowest BCUT2D eigenvalue weighted by molar-refractivity contribution is 0.0970. The fourth-order valence-corrected chi connectivity index (χ4v) is 5.23. The van der Waals surface area contributed by atoms with Crippen LogP contribution in [0.3, 0.4) is 0 Å². The topological polar surface area (TPSA) is 113 Å². The van der Waals surface area contributed by atoms with Gasteiger partial charge < -0.3 is 10.2 Å². The summed E-state index contributed by atoms with van der Waals surface area (Å²) in [5, 5.41) is 11.9. The lowest BCUT2D eigenvalue weighted by Gasteiger charge is -2.36. The van der Waals surface area contributed by atoms with Crippen LogP contribution in [0.1, 0.15) is 40.8 Å². The van der Waals surface area contributed by atoms with Crippen molar-refractivity contribution in [3.8, 4) is 6.19 Å². The van der Waals surface area contributed by atoms with Gasteiger partial charge in [0.2, 0.25) is 5.91 Å². The predicted molar refractivity (Wildman–Crippen MR) is 151 cm³/mol. The standard InChI is InChI=1S/C26H30ClN5O3SSi/c1-26(2,3)37(4,5)35-14-13-31(17-28)19-7-9-20(10-8-19)32(22-11-6-18(27)16-30-22)25(34)23-21(24(29)33)12-15-36-23/h6-12,15-16H,13-14H2,1-5H3,(H2,29,33). The number of nitriles is 1. The van der Waals surface area contributed by atoms with E-state index >= 15 is 0 Å². The Bertz CT molecular complexity index is 1300. The number of nitrogens with zero attached hydrogens (tertiary/aromatic N) is 4. The fraction of sp³-hybridized carbons (Fsp3) is 0.308. The average molecular weight is 556 g/mol. The number of anilines is 3. The van der Waals surface area contributed by atoms with Crippen molar-refractivity contribution in [3.63, 3.8) is 0 Å². The summed E-state index contributed by atoms with van der Waals surface area (Å²) in [6.07, 6.45) is 3.65. The van der Waals surface area contributed by atoms with Gasteiger partial charge in [-0.15, -0.1) is 11.3 Å². The minimum Gasteiger partial charge on any atom is -0.415 e. The van der Waals surface area contributed by atoms with E-state index in [2.05, 4.69) is 45.0 Å². The lowest BCUT2D eigenvalue weighted by Crippen LogP contribution is -2.42. The monoisotopic (exact) mass is 555 g/mol. The summed E-state index contributed by atoms with van der Waals surface area (Å²) in [6.45, 7) is 11.7. The average Bonchev–Trinajstić information content (AvgIpc) is 3.34. The largest absolute Gasteiger partial charge is 0.415 e. The van der Waals surface area contributed by atoms with Crippen molar-refractivity contribution in [1.29, 1.82) is 5.26 Å². The first-order valence-electron chi connectivity index (χ1n) is 11.6. The number of thiophene rings is 1. The highest BCUT2D eigenvalue weighted by Crippen LogP contribution is 2.36. The zero-order valence-electron chi connectivity index (χ0n) is 21.5. The fourth-order valence-electron chi connectivity index (χ4n) is 3.25. The van der Waals surface area contributed by atoms with E-state index in [-0.39, 0.29) is 15.5 Å². The van der Waals surface area contributed by atoms with E-state index in [1.165, 1.54) is 17.2 Å². The Morgan fingerprint density at radius 1 is 1.14 bits per heavy atom. The zero-order chi connectivity index (χ0) is 27.4. The molecule has 0 spiro atoms. The van der Waals surface area contributed by atoms with Crippen molar-refractivity contribution in [3.05, 3.63) is 69.5 Å². The number of amides is 2. The Kier molecular flexibility index (Phi) is 8.76. The van der Waals surface area contributed by atoms with Gasteiger partial charge in [0.15, 0.2) is 14.5 Å². The second-order valence-electron chi connectivity index (χ2n) is 9.88. The number of carbonyl (C=O) groups is 2. The maximum Gasteiger partial charge on any atom is 0.274 e. The van der Waals surface area contributed by atoms with Gasteiger partial charge in [0.05, 0.1) is 35.1 Å². The summed E-state index contributed by atoms with van der Waals surface area (Å²) in [5.41, 5.74) is 6.78. The van der Waals surface area contributed by atoms with Crippen LogP contribution in [0, 0.1) is 11.5 Å². The number of nitrogens with two attached hydrogens (primary N) is 1. The summed E-state index contributed by atoms with van der Waals surface area (Å²) in [5.74, 6) is -0.814. The van der Waals surface area contributed by atoms with Gasteiger partial charge in [0.1, 0.15) is 10.7 Å². The maximum atomic E-state index is 13.6. The molecule has 2 N–H and O–H groups in total. The highest BCUT2D eigenvalue weighted by Gasteiger charge is 2.37. The molecule has 37 heavy (non-hydrogen) atoms. The van der Waals surface area contributed by atoms with Gasteiger partial charge in [-0.3, -0.25) is 19.4 Å².